The Bertz CT molecular complexity index is 471. The molecule has 1 aromatic carbocycles. The number of hydrogen-bond acceptors (Lipinski definition) is 3. The van der Waals surface area contributed by atoms with Crippen LogP contribution in [0.4, 0.5) is 0 Å². The first-order valence-corrected chi connectivity index (χ1v) is 5.67. The number of para-hydroxylation sites is 1. The largest absolute Gasteiger partial charge is 0.508 e. The molecule has 0 saturated carbocycles. The SMILES string of the molecule is C[C@@H](NCc1cccnc1)c1ccccc1O. The van der Waals surface area contributed by atoms with Crippen LogP contribution in [0.15, 0.2) is 48.8 Å². The zero-order valence-corrected chi connectivity index (χ0v) is 9.80. The molecule has 17 heavy (non-hydrogen) atoms. The summed E-state index contributed by atoms with van der Waals surface area (Å²) in [6, 6.07) is 11.4. The van der Waals surface area contributed by atoms with Crippen LogP contribution in [-0.2, 0) is 6.54 Å². The summed E-state index contributed by atoms with van der Waals surface area (Å²) in [5.41, 5.74) is 2.05. The van der Waals surface area contributed by atoms with Gasteiger partial charge in [0.15, 0.2) is 0 Å². The fourth-order valence-electron chi connectivity index (χ4n) is 1.74. The van der Waals surface area contributed by atoms with Crippen LogP contribution >= 0.6 is 0 Å². The van der Waals surface area contributed by atoms with Crippen LogP contribution in [0.3, 0.4) is 0 Å². The molecule has 0 unspecified atom stereocenters. The van der Waals surface area contributed by atoms with E-state index in [1.165, 1.54) is 0 Å². The number of phenolic OH excluding ortho intramolecular Hbond substituents is 1. The van der Waals surface area contributed by atoms with E-state index in [0.29, 0.717) is 5.75 Å². The van der Waals surface area contributed by atoms with Crippen LogP contribution in [0.1, 0.15) is 24.1 Å². The van der Waals surface area contributed by atoms with Gasteiger partial charge in [-0.2, -0.15) is 0 Å². The summed E-state index contributed by atoms with van der Waals surface area (Å²) in [5, 5.41) is 13.1. The lowest BCUT2D eigenvalue weighted by Crippen LogP contribution is -2.18. The summed E-state index contributed by atoms with van der Waals surface area (Å²) in [5.74, 6) is 0.332. The molecule has 0 aliphatic carbocycles. The van der Waals surface area contributed by atoms with Gasteiger partial charge in [-0.15, -0.1) is 0 Å². The fourth-order valence-corrected chi connectivity index (χ4v) is 1.74. The van der Waals surface area contributed by atoms with Crippen LogP contribution in [-0.4, -0.2) is 10.1 Å². The van der Waals surface area contributed by atoms with Crippen molar-refractivity contribution in [2.75, 3.05) is 0 Å². The van der Waals surface area contributed by atoms with Crippen molar-refractivity contribution in [3.05, 3.63) is 59.9 Å². The second-order valence-corrected chi connectivity index (χ2v) is 4.02. The first-order chi connectivity index (χ1) is 8.27. The molecular weight excluding hydrogens is 212 g/mol. The van der Waals surface area contributed by atoms with Gasteiger partial charge in [0.25, 0.3) is 0 Å². The molecule has 0 spiro atoms. The highest BCUT2D eigenvalue weighted by molar-refractivity contribution is 5.34. The maximum absolute atomic E-state index is 9.73. The van der Waals surface area contributed by atoms with Gasteiger partial charge in [0.2, 0.25) is 0 Å². The van der Waals surface area contributed by atoms with Gasteiger partial charge in [-0.1, -0.05) is 24.3 Å². The van der Waals surface area contributed by atoms with Crippen molar-refractivity contribution in [3.8, 4) is 5.75 Å². The molecule has 2 aromatic rings. The quantitative estimate of drug-likeness (QED) is 0.845. The second kappa shape index (κ2) is 5.46. The van der Waals surface area contributed by atoms with Crippen LogP contribution in [0.2, 0.25) is 0 Å². The van der Waals surface area contributed by atoms with Gasteiger partial charge in [0.1, 0.15) is 5.75 Å². The molecular formula is C14H16N2O. The molecule has 2 N–H and O–H groups in total. The standard InChI is InChI=1S/C14H16N2O/c1-11(13-6-2-3-7-14(13)17)16-10-12-5-4-8-15-9-12/h2-9,11,16-17H,10H2,1H3/t11-/m1/s1. The van der Waals surface area contributed by atoms with Crippen molar-refractivity contribution >= 4 is 0 Å². The molecule has 0 bridgehead atoms. The average molecular weight is 228 g/mol. The van der Waals surface area contributed by atoms with Gasteiger partial charge in [-0.3, -0.25) is 4.98 Å². The van der Waals surface area contributed by atoms with Crippen LogP contribution in [0.5, 0.6) is 5.75 Å². The maximum atomic E-state index is 9.73. The third-order valence-corrected chi connectivity index (χ3v) is 2.74. The third kappa shape index (κ3) is 3.04. The van der Waals surface area contributed by atoms with E-state index in [4.69, 9.17) is 0 Å². The number of aromatic hydroxyl groups is 1. The molecule has 88 valence electrons. The Morgan fingerprint density at radius 3 is 2.76 bits per heavy atom. The highest BCUT2D eigenvalue weighted by Gasteiger charge is 2.08. The molecule has 0 fully saturated rings. The number of benzene rings is 1. The zero-order chi connectivity index (χ0) is 12.1. The number of nitrogens with one attached hydrogen (secondary N) is 1. The van der Waals surface area contributed by atoms with Crippen molar-refractivity contribution in [2.24, 2.45) is 0 Å². The van der Waals surface area contributed by atoms with Crippen LogP contribution < -0.4 is 5.32 Å². The minimum absolute atomic E-state index is 0.108. The molecule has 0 radical (unpaired) electrons. The predicted octanol–water partition coefficient (Wildman–Crippen LogP) is 2.64. The van der Waals surface area contributed by atoms with E-state index >= 15 is 0 Å². The van der Waals surface area contributed by atoms with E-state index in [-0.39, 0.29) is 6.04 Å². The van der Waals surface area contributed by atoms with Crippen molar-refractivity contribution in [3.63, 3.8) is 0 Å². The Morgan fingerprint density at radius 1 is 1.24 bits per heavy atom. The number of pyridine rings is 1. The summed E-state index contributed by atoms with van der Waals surface area (Å²) in [6.45, 7) is 2.77. The number of nitrogens with zero attached hydrogens (tertiary/aromatic N) is 1. The molecule has 1 atom stereocenters. The third-order valence-electron chi connectivity index (χ3n) is 2.74. The fraction of sp³-hybridized carbons (Fsp3) is 0.214. The predicted molar refractivity (Wildman–Crippen MR) is 67.6 cm³/mol. The lowest BCUT2D eigenvalue weighted by atomic mass is 10.1. The van der Waals surface area contributed by atoms with E-state index in [9.17, 15) is 5.11 Å². The van der Waals surface area contributed by atoms with Crippen molar-refractivity contribution in [1.29, 1.82) is 0 Å². The maximum Gasteiger partial charge on any atom is 0.120 e. The van der Waals surface area contributed by atoms with Gasteiger partial charge in [0, 0.05) is 30.5 Å². The van der Waals surface area contributed by atoms with E-state index in [2.05, 4.69) is 10.3 Å². The molecule has 3 nitrogen and oxygen atoms in total. The highest BCUT2D eigenvalue weighted by atomic mass is 16.3. The Kier molecular flexibility index (Phi) is 3.73. The van der Waals surface area contributed by atoms with Gasteiger partial charge in [0.05, 0.1) is 0 Å². The van der Waals surface area contributed by atoms with Gasteiger partial charge in [-0.05, 0) is 24.6 Å². The van der Waals surface area contributed by atoms with E-state index < -0.39 is 0 Å². The summed E-state index contributed by atoms with van der Waals surface area (Å²) in [6.07, 6.45) is 3.60. The molecule has 3 heteroatoms. The van der Waals surface area contributed by atoms with Crippen molar-refractivity contribution in [2.45, 2.75) is 19.5 Å². The smallest absolute Gasteiger partial charge is 0.120 e. The number of phenols is 1. The number of aromatic nitrogens is 1. The number of hydrogen-bond donors (Lipinski definition) is 2. The molecule has 1 heterocycles. The van der Waals surface area contributed by atoms with Gasteiger partial charge < -0.3 is 10.4 Å². The minimum atomic E-state index is 0.108. The molecule has 0 saturated heterocycles. The molecule has 0 aliphatic rings. The minimum Gasteiger partial charge on any atom is -0.508 e. The first kappa shape index (κ1) is 11.6. The normalized spacial score (nSPS) is 12.3. The van der Waals surface area contributed by atoms with Crippen LogP contribution in [0.25, 0.3) is 0 Å². The topological polar surface area (TPSA) is 45.2 Å². The molecule has 0 aliphatic heterocycles. The van der Waals surface area contributed by atoms with E-state index in [1.807, 2.05) is 43.5 Å². The van der Waals surface area contributed by atoms with Gasteiger partial charge in [-0.25, -0.2) is 0 Å². The Morgan fingerprint density at radius 2 is 2.06 bits per heavy atom. The van der Waals surface area contributed by atoms with Gasteiger partial charge >= 0.3 is 0 Å². The summed E-state index contributed by atoms with van der Waals surface area (Å²) >= 11 is 0. The Hall–Kier alpha value is -1.87. The van der Waals surface area contributed by atoms with Crippen molar-refractivity contribution in [1.82, 2.24) is 10.3 Å². The molecule has 1 aromatic heterocycles. The Balaban J connectivity index is 1.99. The van der Waals surface area contributed by atoms with Crippen LogP contribution in [0, 0.1) is 0 Å². The molecule has 0 amide bonds. The summed E-state index contributed by atoms with van der Waals surface area (Å²) in [4.78, 5) is 4.06. The summed E-state index contributed by atoms with van der Waals surface area (Å²) < 4.78 is 0. The van der Waals surface area contributed by atoms with E-state index in [1.54, 1.807) is 12.3 Å². The highest BCUT2D eigenvalue weighted by Crippen LogP contribution is 2.23. The lowest BCUT2D eigenvalue weighted by Gasteiger charge is -2.15. The summed E-state index contributed by atoms with van der Waals surface area (Å²) in [7, 11) is 0. The molecule has 2 rings (SSSR count). The van der Waals surface area contributed by atoms with Crippen molar-refractivity contribution < 1.29 is 5.11 Å². The monoisotopic (exact) mass is 228 g/mol. The second-order valence-electron chi connectivity index (χ2n) is 4.02. The first-order valence-electron chi connectivity index (χ1n) is 5.67. The number of rotatable bonds is 4. The average Bonchev–Trinajstić information content (AvgIpc) is 2.38. The Labute approximate surface area is 101 Å². The van der Waals surface area contributed by atoms with E-state index in [0.717, 1.165) is 17.7 Å². The lowest BCUT2D eigenvalue weighted by molar-refractivity contribution is 0.452. The zero-order valence-electron chi connectivity index (χ0n) is 9.80.